The first-order valence-corrected chi connectivity index (χ1v) is 11.0. The van der Waals surface area contributed by atoms with Gasteiger partial charge in [-0.1, -0.05) is 17.7 Å². The lowest BCUT2D eigenvalue weighted by atomic mass is 10.0. The molecule has 2 aromatic rings. The fourth-order valence-corrected chi connectivity index (χ4v) is 4.88. The van der Waals surface area contributed by atoms with Crippen LogP contribution in [-0.2, 0) is 13.1 Å². The maximum absolute atomic E-state index is 6.17. The number of likely N-dealkylation sites (tertiary alicyclic amines) is 1. The number of aryl methyl sites for hydroxylation is 1. The number of rotatable bonds is 5. The average Bonchev–Trinajstić information content (AvgIpc) is 3.08. The number of nitrogens with zero attached hydrogens (tertiary/aromatic N) is 5. The lowest BCUT2D eigenvalue weighted by Gasteiger charge is -2.44. The molecule has 1 unspecified atom stereocenters. The Bertz CT molecular complexity index is 781. The molecule has 6 heteroatoms. The highest BCUT2D eigenvalue weighted by molar-refractivity contribution is 6.30. The number of anilines is 1. The second-order valence-corrected chi connectivity index (χ2v) is 8.54. The molecular formula is C22H32ClN5. The molecule has 2 fully saturated rings. The van der Waals surface area contributed by atoms with Crippen LogP contribution in [0.3, 0.4) is 0 Å². The first kappa shape index (κ1) is 19.7. The van der Waals surface area contributed by atoms with Crippen LogP contribution in [0.4, 0.5) is 5.69 Å². The molecule has 0 amide bonds. The Hall–Kier alpha value is -1.56. The zero-order valence-corrected chi connectivity index (χ0v) is 17.9. The molecular weight excluding hydrogens is 370 g/mol. The van der Waals surface area contributed by atoms with Crippen LogP contribution in [0.5, 0.6) is 0 Å². The van der Waals surface area contributed by atoms with Crippen molar-refractivity contribution in [2.75, 3.05) is 44.2 Å². The van der Waals surface area contributed by atoms with E-state index in [-0.39, 0.29) is 0 Å². The summed E-state index contributed by atoms with van der Waals surface area (Å²) in [7, 11) is 0. The Morgan fingerprint density at radius 3 is 2.68 bits per heavy atom. The third-order valence-corrected chi connectivity index (χ3v) is 6.62. The van der Waals surface area contributed by atoms with E-state index in [1.807, 2.05) is 12.1 Å². The molecule has 0 spiro atoms. The van der Waals surface area contributed by atoms with Gasteiger partial charge in [-0.25, -0.2) is 0 Å². The van der Waals surface area contributed by atoms with Crippen LogP contribution < -0.4 is 4.90 Å². The molecule has 0 radical (unpaired) electrons. The molecule has 0 saturated carbocycles. The quantitative estimate of drug-likeness (QED) is 0.764. The largest absolute Gasteiger partial charge is 0.369 e. The van der Waals surface area contributed by atoms with Gasteiger partial charge in [0.05, 0.1) is 6.20 Å². The molecule has 2 saturated heterocycles. The second kappa shape index (κ2) is 8.85. The van der Waals surface area contributed by atoms with Gasteiger partial charge in [0.15, 0.2) is 0 Å². The van der Waals surface area contributed by atoms with Gasteiger partial charge in [0.25, 0.3) is 0 Å². The molecule has 0 N–H and O–H groups in total. The minimum absolute atomic E-state index is 0.678. The van der Waals surface area contributed by atoms with Gasteiger partial charge in [0, 0.05) is 73.8 Å². The van der Waals surface area contributed by atoms with E-state index < -0.39 is 0 Å². The van der Waals surface area contributed by atoms with E-state index in [4.69, 9.17) is 11.6 Å². The van der Waals surface area contributed by atoms with E-state index in [2.05, 4.69) is 56.7 Å². The van der Waals surface area contributed by atoms with E-state index in [0.717, 1.165) is 44.3 Å². The zero-order chi connectivity index (χ0) is 19.5. The predicted octanol–water partition coefficient (Wildman–Crippen LogP) is 3.65. The van der Waals surface area contributed by atoms with Crippen LogP contribution in [0.15, 0.2) is 30.5 Å². The van der Waals surface area contributed by atoms with E-state index >= 15 is 0 Å². The monoisotopic (exact) mass is 401 g/mol. The molecule has 3 heterocycles. The maximum Gasteiger partial charge on any atom is 0.0537 e. The van der Waals surface area contributed by atoms with E-state index in [0.29, 0.717) is 6.04 Å². The zero-order valence-electron chi connectivity index (χ0n) is 17.1. The van der Waals surface area contributed by atoms with Gasteiger partial charge in [0.2, 0.25) is 0 Å². The molecule has 1 aromatic heterocycles. The smallest absolute Gasteiger partial charge is 0.0537 e. The van der Waals surface area contributed by atoms with Crippen molar-refractivity contribution in [3.63, 3.8) is 0 Å². The van der Waals surface area contributed by atoms with Crippen LogP contribution in [0, 0.1) is 6.92 Å². The van der Waals surface area contributed by atoms with Crippen LogP contribution in [0.2, 0.25) is 5.02 Å². The highest BCUT2D eigenvalue weighted by atomic mass is 35.5. The van der Waals surface area contributed by atoms with Crippen LogP contribution in [0.1, 0.15) is 31.0 Å². The third-order valence-electron chi connectivity index (χ3n) is 6.38. The number of halogens is 1. The van der Waals surface area contributed by atoms with Gasteiger partial charge in [0.1, 0.15) is 0 Å². The van der Waals surface area contributed by atoms with Gasteiger partial charge < -0.3 is 4.90 Å². The average molecular weight is 402 g/mol. The van der Waals surface area contributed by atoms with Gasteiger partial charge in [-0.05, 0) is 51.4 Å². The summed E-state index contributed by atoms with van der Waals surface area (Å²) >= 11 is 6.17. The summed E-state index contributed by atoms with van der Waals surface area (Å²) < 4.78 is 2.10. The Kier molecular flexibility index (Phi) is 6.24. The van der Waals surface area contributed by atoms with Crippen molar-refractivity contribution in [3.05, 3.63) is 46.7 Å². The topological polar surface area (TPSA) is 27.5 Å². The molecule has 1 atom stereocenters. The first-order chi connectivity index (χ1) is 13.6. The van der Waals surface area contributed by atoms with Crippen molar-refractivity contribution < 1.29 is 0 Å². The standard InChI is InChI=1S/C22H32ClN5/c1-3-28-18(2)19(15-24-28)16-25-9-5-8-22(17-25)27-12-10-26(11-13-27)21-7-4-6-20(23)14-21/h4,6-7,14-15,22H,3,5,8-13,16-17H2,1-2H3. The summed E-state index contributed by atoms with van der Waals surface area (Å²) in [5.74, 6) is 0. The van der Waals surface area contributed by atoms with Crippen molar-refractivity contribution >= 4 is 17.3 Å². The van der Waals surface area contributed by atoms with Gasteiger partial charge >= 0.3 is 0 Å². The van der Waals surface area contributed by atoms with Gasteiger partial charge in [-0.2, -0.15) is 5.10 Å². The Morgan fingerprint density at radius 2 is 1.96 bits per heavy atom. The second-order valence-electron chi connectivity index (χ2n) is 8.11. The van der Waals surface area contributed by atoms with Gasteiger partial charge in [-0.15, -0.1) is 0 Å². The Labute approximate surface area is 173 Å². The van der Waals surface area contributed by atoms with Crippen molar-refractivity contribution in [2.24, 2.45) is 0 Å². The third kappa shape index (κ3) is 4.37. The molecule has 2 aliphatic heterocycles. The number of piperazine rings is 1. The van der Waals surface area contributed by atoms with E-state index in [1.165, 1.54) is 42.9 Å². The SMILES string of the molecule is CCn1ncc(CN2CCCC(N3CCN(c4cccc(Cl)c4)CC3)C2)c1C. The summed E-state index contributed by atoms with van der Waals surface area (Å²) in [5, 5.41) is 5.34. The van der Waals surface area contributed by atoms with Crippen molar-refractivity contribution in [2.45, 2.75) is 45.8 Å². The lowest BCUT2D eigenvalue weighted by Crippen LogP contribution is -2.55. The molecule has 4 rings (SSSR count). The fourth-order valence-electron chi connectivity index (χ4n) is 4.69. The Morgan fingerprint density at radius 1 is 1.14 bits per heavy atom. The predicted molar refractivity (Wildman–Crippen MR) is 116 cm³/mol. The summed E-state index contributed by atoms with van der Waals surface area (Å²) in [6, 6.07) is 8.92. The van der Waals surface area contributed by atoms with Crippen LogP contribution in [-0.4, -0.2) is 64.9 Å². The van der Waals surface area contributed by atoms with Crippen LogP contribution in [0.25, 0.3) is 0 Å². The van der Waals surface area contributed by atoms with Crippen LogP contribution >= 0.6 is 11.6 Å². The van der Waals surface area contributed by atoms with Crippen molar-refractivity contribution in [1.82, 2.24) is 19.6 Å². The maximum atomic E-state index is 6.17. The number of hydrogen-bond donors (Lipinski definition) is 0. The summed E-state index contributed by atoms with van der Waals surface area (Å²) in [4.78, 5) is 7.79. The van der Waals surface area contributed by atoms with Crippen molar-refractivity contribution in [3.8, 4) is 0 Å². The first-order valence-electron chi connectivity index (χ1n) is 10.6. The molecule has 152 valence electrons. The highest BCUT2D eigenvalue weighted by Crippen LogP contribution is 2.24. The molecule has 5 nitrogen and oxygen atoms in total. The fraction of sp³-hybridized carbons (Fsp3) is 0.591. The number of benzene rings is 1. The minimum atomic E-state index is 0.678. The summed E-state index contributed by atoms with van der Waals surface area (Å²) in [5.41, 5.74) is 3.95. The molecule has 2 aliphatic rings. The molecule has 0 bridgehead atoms. The molecule has 0 aliphatic carbocycles. The normalized spacial score (nSPS) is 22.0. The Balaban J connectivity index is 1.32. The van der Waals surface area contributed by atoms with Gasteiger partial charge in [-0.3, -0.25) is 14.5 Å². The molecule has 1 aromatic carbocycles. The number of hydrogen-bond acceptors (Lipinski definition) is 4. The summed E-state index contributed by atoms with van der Waals surface area (Å²) in [6.45, 7) is 13.2. The van der Waals surface area contributed by atoms with E-state index in [9.17, 15) is 0 Å². The minimum Gasteiger partial charge on any atom is -0.369 e. The number of piperidine rings is 1. The van der Waals surface area contributed by atoms with Crippen molar-refractivity contribution in [1.29, 1.82) is 0 Å². The number of aromatic nitrogens is 2. The highest BCUT2D eigenvalue weighted by Gasteiger charge is 2.28. The summed E-state index contributed by atoms with van der Waals surface area (Å²) in [6.07, 6.45) is 4.67. The lowest BCUT2D eigenvalue weighted by molar-refractivity contribution is 0.0886. The van der Waals surface area contributed by atoms with E-state index in [1.54, 1.807) is 0 Å². The molecule has 28 heavy (non-hydrogen) atoms.